The van der Waals surface area contributed by atoms with E-state index < -0.39 is 0 Å². The van der Waals surface area contributed by atoms with E-state index in [0.717, 1.165) is 23.3 Å². The van der Waals surface area contributed by atoms with Gasteiger partial charge >= 0.3 is 0 Å². The van der Waals surface area contributed by atoms with E-state index in [1.54, 1.807) is 0 Å². The maximum atomic E-state index is 6.09. The molecule has 0 spiro atoms. The van der Waals surface area contributed by atoms with Crippen LogP contribution in [0, 0.1) is 0 Å². The number of allylic oxidation sites excluding steroid dienone is 1. The van der Waals surface area contributed by atoms with Crippen LogP contribution in [-0.2, 0) is 0 Å². The zero-order valence-corrected chi connectivity index (χ0v) is 14.2. The minimum Gasteiger partial charge on any atom is -0.490 e. The molecule has 0 N–H and O–H groups in total. The quantitative estimate of drug-likeness (QED) is 0.415. The highest BCUT2D eigenvalue weighted by atomic mass is 16.5. The predicted octanol–water partition coefficient (Wildman–Crippen LogP) is 6.63. The minimum atomic E-state index is 0.279. The Bertz CT molecular complexity index is 408. The lowest BCUT2D eigenvalue weighted by Crippen LogP contribution is -2.12. The Morgan fingerprint density at radius 3 is 2.33 bits per heavy atom. The summed E-state index contributed by atoms with van der Waals surface area (Å²) < 4.78 is 6.09. The van der Waals surface area contributed by atoms with Gasteiger partial charge in [0.2, 0.25) is 0 Å². The summed E-state index contributed by atoms with van der Waals surface area (Å²) in [6, 6.07) is 8.20. The van der Waals surface area contributed by atoms with Gasteiger partial charge in [-0.2, -0.15) is 0 Å². The van der Waals surface area contributed by atoms with Crippen molar-refractivity contribution in [3.63, 3.8) is 0 Å². The van der Waals surface area contributed by atoms with Gasteiger partial charge in [-0.3, -0.25) is 0 Å². The van der Waals surface area contributed by atoms with Gasteiger partial charge in [0, 0.05) is 5.56 Å². The van der Waals surface area contributed by atoms with E-state index in [1.165, 1.54) is 44.9 Å². The van der Waals surface area contributed by atoms with Gasteiger partial charge in [0.25, 0.3) is 0 Å². The highest BCUT2D eigenvalue weighted by Gasteiger charge is 2.08. The molecular formula is C20H32O. The van der Waals surface area contributed by atoms with Gasteiger partial charge in [-0.15, -0.1) is 0 Å². The summed E-state index contributed by atoms with van der Waals surface area (Å²) in [5.41, 5.74) is 2.19. The average molecular weight is 288 g/mol. The highest BCUT2D eigenvalue weighted by Crippen LogP contribution is 2.26. The Hall–Kier alpha value is -1.24. The summed E-state index contributed by atoms with van der Waals surface area (Å²) in [5, 5.41) is 0. The van der Waals surface area contributed by atoms with E-state index in [-0.39, 0.29) is 6.10 Å². The van der Waals surface area contributed by atoms with Gasteiger partial charge in [-0.1, -0.05) is 70.2 Å². The minimum absolute atomic E-state index is 0.279. The zero-order valence-electron chi connectivity index (χ0n) is 14.2. The van der Waals surface area contributed by atoms with Crippen LogP contribution in [0.1, 0.15) is 77.7 Å². The van der Waals surface area contributed by atoms with Gasteiger partial charge in [0.15, 0.2) is 0 Å². The van der Waals surface area contributed by atoms with Crippen LogP contribution < -0.4 is 4.74 Å². The molecule has 1 heteroatoms. The van der Waals surface area contributed by atoms with Crippen molar-refractivity contribution >= 4 is 5.57 Å². The van der Waals surface area contributed by atoms with Crippen LogP contribution in [0.5, 0.6) is 5.75 Å². The normalized spacial score (nSPS) is 12.1. The molecule has 0 saturated heterocycles. The van der Waals surface area contributed by atoms with Gasteiger partial charge < -0.3 is 4.74 Å². The van der Waals surface area contributed by atoms with Crippen molar-refractivity contribution in [2.24, 2.45) is 0 Å². The van der Waals surface area contributed by atoms with Crippen molar-refractivity contribution in [1.82, 2.24) is 0 Å². The zero-order chi connectivity index (χ0) is 15.5. The number of hydrogen-bond acceptors (Lipinski definition) is 1. The molecule has 0 aromatic heterocycles. The highest BCUT2D eigenvalue weighted by molar-refractivity contribution is 5.66. The molecule has 118 valence electrons. The van der Waals surface area contributed by atoms with Crippen LogP contribution in [0.25, 0.3) is 5.57 Å². The van der Waals surface area contributed by atoms with Crippen molar-refractivity contribution in [3.8, 4) is 5.75 Å². The fraction of sp³-hybridized carbons (Fsp3) is 0.600. The average Bonchev–Trinajstić information content (AvgIpc) is 2.46. The molecule has 0 bridgehead atoms. The van der Waals surface area contributed by atoms with Crippen LogP contribution in [0.3, 0.4) is 0 Å². The lowest BCUT2D eigenvalue weighted by molar-refractivity contribution is 0.205. The van der Waals surface area contributed by atoms with Crippen LogP contribution in [-0.4, -0.2) is 6.10 Å². The molecule has 1 aromatic carbocycles. The third-order valence-electron chi connectivity index (χ3n) is 3.89. The lowest BCUT2D eigenvalue weighted by Gasteiger charge is -2.17. The van der Waals surface area contributed by atoms with Crippen LogP contribution in [0.15, 0.2) is 30.8 Å². The Morgan fingerprint density at radius 1 is 1.05 bits per heavy atom. The molecule has 0 saturated carbocycles. The number of rotatable bonds is 11. The summed E-state index contributed by atoms with van der Waals surface area (Å²) in [5.74, 6) is 0.973. The Kier molecular flexibility index (Phi) is 8.89. The molecular weight excluding hydrogens is 256 g/mol. The number of unbranched alkanes of at least 4 members (excludes halogenated alkanes) is 6. The SMILES string of the molecule is C=C(C)c1ccccc1OC(C)CCCCCCCCC. The molecule has 1 aromatic rings. The number of benzene rings is 1. The molecule has 1 atom stereocenters. The van der Waals surface area contributed by atoms with Gasteiger partial charge in [0.05, 0.1) is 6.10 Å². The van der Waals surface area contributed by atoms with E-state index in [2.05, 4.69) is 26.5 Å². The van der Waals surface area contributed by atoms with Crippen LogP contribution in [0.2, 0.25) is 0 Å². The fourth-order valence-corrected chi connectivity index (χ4v) is 2.59. The van der Waals surface area contributed by atoms with Gasteiger partial charge in [-0.05, 0) is 38.3 Å². The summed E-state index contributed by atoms with van der Waals surface area (Å²) in [4.78, 5) is 0. The summed E-state index contributed by atoms with van der Waals surface area (Å²) in [6.45, 7) is 10.5. The molecule has 0 heterocycles. The molecule has 0 radical (unpaired) electrons. The second-order valence-electron chi connectivity index (χ2n) is 6.11. The molecule has 0 aliphatic carbocycles. The van der Waals surface area contributed by atoms with Crippen molar-refractivity contribution in [2.45, 2.75) is 78.2 Å². The Morgan fingerprint density at radius 2 is 1.67 bits per heavy atom. The maximum absolute atomic E-state index is 6.09. The largest absolute Gasteiger partial charge is 0.490 e. The van der Waals surface area contributed by atoms with Gasteiger partial charge in [0.1, 0.15) is 5.75 Å². The number of ether oxygens (including phenoxy) is 1. The molecule has 1 rings (SSSR count). The van der Waals surface area contributed by atoms with Crippen molar-refractivity contribution in [3.05, 3.63) is 36.4 Å². The standard InChI is InChI=1S/C20H32O/c1-5-6-7-8-9-10-11-14-18(4)21-20-16-13-12-15-19(20)17(2)3/h12-13,15-16,18H,2,5-11,14H2,1,3-4H3. The smallest absolute Gasteiger partial charge is 0.127 e. The third-order valence-corrected chi connectivity index (χ3v) is 3.89. The Labute approximate surface area is 131 Å². The molecule has 21 heavy (non-hydrogen) atoms. The van der Waals surface area contributed by atoms with Crippen molar-refractivity contribution < 1.29 is 4.74 Å². The summed E-state index contributed by atoms with van der Waals surface area (Å²) >= 11 is 0. The second-order valence-corrected chi connectivity index (χ2v) is 6.11. The summed E-state index contributed by atoms with van der Waals surface area (Å²) in [7, 11) is 0. The van der Waals surface area contributed by atoms with Crippen LogP contribution in [0.4, 0.5) is 0 Å². The van der Waals surface area contributed by atoms with E-state index in [1.807, 2.05) is 25.1 Å². The van der Waals surface area contributed by atoms with Gasteiger partial charge in [-0.25, -0.2) is 0 Å². The lowest BCUT2D eigenvalue weighted by atomic mass is 10.1. The number of hydrogen-bond donors (Lipinski definition) is 0. The molecule has 0 aliphatic heterocycles. The topological polar surface area (TPSA) is 9.23 Å². The third kappa shape index (κ3) is 7.36. The van der Waals surface area contributed by atoms with Crippen LogP contribution >= 0.6 is 0 Å². The second kappa shape index (κ2) is 10.5. The first kappa shape index (κ1) is 17.8. The summed E-state index contributed by atoms with van der Waals surface area (Å²) in [6.07, 6.45) is 10.9. The van der Waals surface area contributed by atoms with E-state index in [4.69, 9.17) is 4.74 Å². The first-order valence-electron chi connectivity index (χ1n) is 8.56. The number of para-hydroxylation sites is 1. The monoisotopic (exact) mass is 288 g/mol. The molecule has 0 fully saturated rings. The Balaban J connectivity index is 2.25. The first-order chi connectivity index (χ1) is 10.1. The van der Waals surface area contributed by atoms with Crippen molar-refractivity contribution in [2.75, 3.05) is 0 Å². The van der Waals surface area contributed by atoms with Crippen molar-refractivity contribution in [1.29, 1.82) is 0 Å². The first-order valence-corrected chi connectivity index (χ1v) is 8.56. The fourth-order valence-electron chi connectivity index (χ4n) is 2.59. The molecule has 0 aliphatic rings. The predicted molar refractivity (Wildman–Crippen MR) is 93.9 cm³/mol. The maximum Gasteiger partial charge on any atom is 0.127 e. The van der Waals surface area contributed by atoms with E-state index >= 15 is 0 Å². The van der Waals surface area contributed by atoms with E-state index in [9.17, 15) is 0 Å². The molecule has 1 nitrogen and oxygen atoms in total. The molecule has 0 amide bonds. The molecule has 1 unspecified atom stereocenters. The van der Waals surface area contributed by atoms with E-state index in [0.29, 0.717) is 0 Å².